The molecule has 20 heavy (non-hydrogen) atoms. The summed E-state index contributed by atoms with van der Waals surface area (Å²) in [5, 5.41) is 0.136. The number of piperidine rings is 1. The molecule has 1 aromatic carbocycles. The van der Waals surface area contributed by atoms with Gasteiger partial charge in [0.2, 0.25) is 0 Å². The number of rotatable bonds is 4. The predicted octanol–water partition coefficient (Wildman–Crippen LogP) is 3.25. The first-order chi connectivity index (χ1) is 9.60. The number of hydrogen-bond acceptors (Lipinski definition) is 3. The second-order valence-electron chi connectivity index (χ2n) is 5.07. The van der Waals surface area contributed by atoms with E-state index in [0.717, 1.165) is 24.9 Å². The van der Waals surface area contributed by atoms with Crippen molar-refractivity contribution in [3.63, 3.8) is 0 Å². The van der Waals surface area contributed by atoms with Crippen molar-refractivity contribution < 1.29 is 13.9 Å². The Morgan fingerprint density at radius 2 is 2.35 bits per heavy atom. The Morgan fingerprint density at radius 3 is 3.05 bits per heavy atom. The fraction of sp³-hybridized carbons (Fsp3) is 0.533. The van der Waals surface area contributed by atoms with Gasteiger partial charge in [0.05, 0.1) is 17.5 Å². The van der Waals surface area contributed by atoms with Gasteiger partial charge >= 0.3 is 5.97 Å². The third kappa shape index (κ3) is 3.93. The molecule has 3 nitrogen and oxygen atoms in total. The van der Waals surface area contributed by atoms with Gasteiger partial charge in [0.1, 0.15) is 5.82 Å². The predicted molar refractivity (Wildman–Crippen MR) is 76.0 cm³/mol. The molecule has 0 N–H and O–H groups in total. The third-order valence-corrected chi connectivity index (χ3v) is 3.82. The highest BCUT2D eigenvalue weighted by atomic mass is 35.5. The summed E-state index contributed by atoms with van der Waals surface area (Å²) in [5.41, 5.74) is 0.872. The van der Waals surface area contributed by atoms with Gasteiger partial charge < -0.3 is 4.74 Å². The van der Waals surface area contributed by atoms with Crippen LogP contribution in [-0.4, -0.2) is 30.6 Å². The van der Waals surface area contributed by atoms with E-state index in [0.29, 0.717) is 19.7 Å². The van der Waals surface area contributed by atoms with Crippen LogP contribution in [0.4, 0.5) is 4.39 Å². The van der Waals surface area contributed by atoms with E-state index in [-0.39, 0.29) is 16.9 Å². The molecule has 1 saturated heterocycles. The van der Waals surface area contributed by atoms with Gasteiger partial charge in [-0.15, -0.1) is 0 Å². The summed E-state index contributed by atoms with van der Waals surface area (Å²) in [4.78, 5) is 13.9. The summed E-state index contributed by atoms with van der Waals surface area (Å²) in [6.07, 6.45) is 1.82. The number of hydrogen-bond donors (Lipinski definition) is 0. The summed E-state index contributed by atoms with van der Waals surface area (Å²) < 4.78 is 18.5. The van der Waals surface area contributed by atoms with Crippen LogP contribution in [0.2, 0.25) is 5.02 Å². The molecule has 110 valence electrons. The molecule has 1 aromatic rings. The Kier molecular flexibility index (Phi) is 5.38. The minimum absolute atomic E-state index is 0.0687. The lowest BCUT2D eigenvalue weighted by Crippen LogP contribution is -2.38. The minimum atomic E-state index is -0.400. The van der Waals surface area contributed by atoms with Crippen molar-refractivity contribution in [3.05, 3.63) is 34.6 Å². The fourth-order valence-corrected chi connectivity index (χ4v) is 2.67. The fourth-order valence-electron chi connectivity index (χ4n) is 2.55. The molecule has 1 aliphatic heterocycles. The van der Waals surface area contributed by atoms with Gasteiger partial charge in [-0.2, -0.15) is 0 Å². The summed E-state index contributed by atoms with van der Waals surface area (Å²) >= 11 is 5.67. The number of carbonyl (C=O) groups excluding carboxylic acids is 1. The number of esters is 1. The van der Waals surface area contributed by atoms with Gasteiger partial charge in [0.25, 0.3) is 0 Å². The molecule has 5 heteroatoms. The van der Waals surface area contributed by atoms with Gasteiger partial charge in [-0.1, -0.05) is 17.7 Å². The largest absolute Gasteiger partial charge is 0.466 e. The van der Waals surface area contributed by atoms with Crippen molar-refractivity contribution in [2.75, 3.05) is 19.7 Å². The maximum absolute atomic E-state index is 13.4. The van der Waals surface area contributed by atoms with Crippen LogP contribution in [0.5, 0.6) is 0 Å². The zero-order valence-corrected chi connectivity index (χ0v) is 12.3. The molecule has 0 unspecified atom stereocenters. The second kappa shape index (κ2) is 7.04. The van der Waals surface area contributed by atoms with Crippen LogP contribution >= 0.6 is 11.6 Å². The maximum Gasteiger partial charge on any atom is 0.310 e. The van der Waals surface area contributed by atoms with Gasteiger partial charge in [-0.3, -0.25) is 9.69 Å². The third-order valence-electron chi connectivity index (χ3n) is 3.52. The normalized spacial score (nSPS) is 19.9. The molecule has 1 aliphatic rings. The molecule has 1 fully saturated rings. The van der Waals surface area contributed by atoms with E-state index in [4.69, 9.17) is 16.3 Å². The van der Waals surface area contributed by atoms with Crippen molar-refractivity contribution in [2.24, 2.45) is 5.92 Å². The molecule has 0 spiro atoms. The van der Waals surface area contributed by atoms with Gasteiger partial charge in [-0.05, 0) is 44.0 Å². The zero-order chi connectivity index (χ0) is 14.5. The molecular formula is C15H19ClFNO2. The number of ether oxygens (including phenoxy) is 1. The highest BCUT2D eigenvalue weighted by Crippen LogP contribution is 2.21. The van der Waals surface area contributed by atoms with Crippen molar-refractivity contribution in [2.45, 2.75) is 26.3 Å². The second-order valence-corrected chi connectivity index (χ2v) is 5.48. The van der Waals surface area contributed by atoms with E-state index in [1.54, 1.807) is 6.07 Å². The van der Waals surface area contributed by atoms with E-state index in [2.05, 4.69) is 4.90 Å². The number of carbonyl (C=O) groups is 1. The molecule has 0 radical (unpaired) electrons. The Labute approximate surface area is 123 Å². The van der Waals surface area contributed by atoms with Crippen molar-refractivity contribution in [3.8, 4) is 0 Å². The lowest BCUT2D eigenvalue weighted by atomic mass is 9.98. The summed E-state index contributed by atoms with van der Waals surface area (Å²) in [7, 11) is 0. The minimum Gasteiger partial charge on any atom is -0.466 e. The average Bonchev–Trinajstić information content (AvgIpc) is 2.43. The van der Waals surface area contributed by atoms with Crippen molar-refractivity contribution in [1.82, 2.24) is 4.90 Å². The Hall–Kier alpha value is -1.13. The van der Waals surface area contributed by atoms with Crippen LogP contribution in [0.3, 0.4) is 0 Å². The number of nitrogens with zero attached hydrogens (tertiary/aromatic N) is 1. The van der Waals surface area contributed by atoms with E-state index in [9.17, 15) is 9.18 Å². The molecule has 1 heterocycles. The monoisotopic (exact) mass is 299 g/mol. The number of halogens is 2. The first-order valence-electron chi connectivity index (χ1n) is 6.93. The Bertz CT molecular complexity index is 481. The van der Waals surface area contributed by atoms with Crippen LogP contribution in [0.1, 0.15) is 25.3 Å². The molecule has 0 aromatic heterocycles. The molecule has 1 atom stereocenters. The number of likely N-dealkylation sites (tertiary alicyclic amines) is 1. The van der Waals surface area contributed by atoms with Gasteiger partial charge in [0.15, 0.2) is 0 Å². The summed E-state index contributed by atoms with van der Waals surface area (Å²) in [5.74, 6) is -0.594. The van der Waals surface area contributed by atoms with Gasteiger partial charge in [0, 0.05) is 13.1 Å². The molecule has 0 aliphatic carbocycles. The SMILES string of the molecule is CCOC(=O)[C@H]1CCCN(Cc2ccc(Cl)c(F)c2)C1. The first kappa shape index (κ1) is 15.3. The van der Waals surface area contributed by atoms with Crippen molar-refractivity contribution >= 4 is 17.6 Å². The maximum atomic E-state index is 13.4. The quantitative estimate of drug-likeness (QED) is 0.799. The van der Waals surface area contributed by atoms with Crippen LogP contribution in [-0.2, 0) is 16.1 Å². The lowest BCUT2D eigenvalue weighted by Gasteiger charge is -2.31. The summed E-state index contributed by atoms with van der Waals surface area (Å²) in [6, 6.07) is 4.84. The standard InChI is InChI=1S/C15H19ClFNO2/c1-2-20-15(19)12-4-3-7-18(10-12)9-11-5-6-13(16)14(17)8-11/h5-6,8,12H,2-4,7,9-10H2,1H3/t12-/m0/s1. The number of benzene rings is 1. The first-order valence-corrected chi connectivity index (χ1v) is 7.31. The van der Waals surface area contributed by atoms with Gasteiger partial charge in [-0.25, -0.2) is 4.39 Å². The van der Waals surface area contributed by atoms with E-state index < -0.39 is 5.82 Å². The molecule has 2 rings (SSSR count). The molecule has 0 saturated carbocycles. The Morgan fingerprint density at radius 1 is 1.55 bits per heavy atom. The van der Waals surface area contributed by atoms with Crippen LogP contribution in [0.15, 0.2) is 18.2 Å². The summed E-state index contributed by atoms with van der Waals surface area (Å²) in [6.45, 7) is 4.44. The van der Waals surface area contributed by atoms with E-state index >= 15 is 0 Å². The van der Waals surface area contributed by atoms with E-state index in [1.807, 2.05) is 13.0 Å². The van der Waals surface area contributed by atoms with Crippen LogP contribution in [0.25, 0.3) is 0 Å². The lowest BCUT2D eigenvalue weighted by molar-refractivity contribution is -0.150. The highest BCUT2D eigenvalue weighted by Gasteiger charge is 2.26. The van der Waals surface area contributed by atoms with E-state index in [1.165, 1.54) is 6.07 Å². The Balaban J connectivity index is 1.95. The topological polar surface area (TPSA) is 29.5 Å². The van der Waals surface area contributed by atoms with Crippen molar-refractivity contribution in [1.29, 1.82) is 0 Å². The average molecular weight is 300 g/mol. The molecule has 0 amide bonds. The van der Waals surface area contributed by atoms with Crippen LogP contribution < -0.4 is 0 Å². The highest BCUT2D eigenvalue weighted by molar-refractivity contribution is 6.30. The molecule has 0 bridgehead atoms. The molecular weight excluding hydrogens is 281 g/mol. The zero-order valence-electron chi connectivity index (χ0n) is 11.6. The smallest absolute Gasteiger partial charge is 0.310 e. The van der Waals surface area contributed by atoms with Crippen LogP contribution in [0, 0.1) is 11.7 Å².